The molecule has 0 saturated heterocycles. The van der Waals surface area contributed by atoms with Gasteiger partial charge in [-0.25, -0.2) is 0 Å². The number of aliphatic imine (C=N–C) groups is 1. The molecule has 1 aromatic heterocycles. The highest BCUT2D eigenvalue weighted by Gasteiger charge is 2.07. The van der Waals surface area contributed by atoms with Crippen molar-refractivity contribution in [2.45, 2.75) is 13.0 Å². The van der Waals surface area contributed by atoms with E-state index in [1.807, 2.05) is 18.4 Å². The number of guanidine groups is 1. The van der Waals surface area contributed by atoms with Gasteiger partial charge < -0.3 is 15.1 Å². The van der Waals surface area contributed by atoms with Gasteiger partial charge in [-0.2, -0.15) is 0 Å². The summed E-state index contributed by atoms with van der Waals surface area (Å²) in [4.78, 5) is 10.3. The highest BCUT2D eigenvalue weighted by molar-refractivity contribution is 7.09. The highest BCUT2D eigenvalue weighted by atomic mass is 32.1. The zero-order valence-electron chi connectivity index (χ0n) is 14.9. The normalized spacial score (nSPS) is 11.8. The zero-order chi connectivity index (χ0) is 17.2. The summed E-state index contributed by atoms with van der Waals surface area (Å²) in [5, 5.41) is 5.58. The van der Waals surface area contributed by atoms with Crippen LogP contribution in [0.1, 0.15) is 10.4 Å². The van der Waals surface area contributed by atoms with E-state index in [-0.39, 0.29) is 0 Å². The third-order valence-electron chi connectivity index (χ3n) is 3.92. The van der Waals surface area contributed by atoms with Crippen LogP contribution >= 0.6 is 11.3 Å². The Morgan fingerprint density at radius 1 is 1.08 bits per heavy atom. The lowest BCUT2D eigenvalue weighted by Crippen LogP contribution is -2.42. The van der Waals surface area contributed by atoms with Crippen LogP contribution in [0.15, 0.2) is 52.8 Å². The monoisotopic (exact) mass is 344 g/mol. The minimum absolute atomic E-state index is 0.888. The maximum absolute atomic E-state index is 4.39. The fraction of sp³-hybridized carbons (Fsp3) is 0.421. The van der Waals surface area contributed by atoms with Crippen LogP contribution in [-0.2, 0) is 13.0 Å². The SMILES string of the molecule is CN=C(NCCN(C)Cc1ccccc1)N(C)CCc1cccs1. The van der Waals surface area contributed by atoms with Crippen LogP contribution in [0.3, 0.4) is 0 Å². The Hall–Kier alpha value is -1.85. The van der Waals surface area contributed by atoms with Gasteiger partial charge in [0, 0.05) is 45.2 Å². The molecule has 0 amide bonds. The number of hydrogen-bond donors (Lipinski definition) is 1. The predicted molar refractivity (Wildman–Crippen MR) is 105 cm³/mol. The van der Waals surface area contributed by atoms with Gasteiger partial charge in [0.15, 0.2) is 5.96 Å². The molecule has 0 bridgehead atoms. The lowest BCUT2D eigenvalue weighted by molar-refractivity contribution is 0.329. The molecule has 4 nitrogen and oxygen atoms in total. The molecular weight excluding hydrogens is 316 g/mol. The third-order valence-corrected chi connectivity index (χ3v) is 4.86. The topological polar surface area (TPSA) is 30.9 Å². The first-order valence-electron chi connectivity index (χ1n) is 8.35. The predicted octanol–water partition coefficient (Wildman–Crippen LogP) is 2.93. The van der Waals surface area contributed by atoms with Crippen LogP contribution in [0.4, 0.5) is 0 Å². The number of nitrogens with zero attached hydrogens (tertiary/aromatic N) is 3. The van der Waals surface area contributed by atoms with Gasteiger partial charge in [-0.1, -0.05) is 36.4 Å². The Morgan fingerprint density at radius 2 is 1.88 bits per heavy atom. The van der Waals surface area contributed by atoms with Gasteiger partial charge in [-0.05, 0) is 30.5 Å². The number of nitrogens with one attached hydrogen (secondary N) is 1. The summed E-state index contributed by atoms with van der Waals surface area (Å²) < 4.78 is 0. The summed E-state index contributed by atoms with van der Waals surface area (Å²) in [7, 11) is 6.09. The van der Waals surface area contributed by atoms with E-state index in [4.69, 9.17) is 0 Å². The Labute approximate surface area is 149 Å². The smallest absolute Gasteiger partial charge is 0.193 e. The summed E-state index contributed by atoms with van der Waals surface area (Å²) in [6, 6.07) is 14.9. The Bertz CT molecular complexity index is 595. The first-order chi connectivity index (χ1) is 11.7. The van der Waals surface area contributed by atoms with Crippen LogP contribution in [-0.4, -0.2) is 56.5 Å². The van der Waals surface area contributed by atoms with Crippen molar-refractivity contribution in [2.75, 3.05) is 40.8 Å². The van der Waals surface area contributed by atoms with Crippen LogP contribution in [0.25, 0.3) is 0 Å². The summed E-state index contributed by atoms with van der Waals surface area (Å²) >= 11 is 1.81. The third kappa shape index (κ3) is 6.34. The van der Waals surface area contributed by atoms with Gasteiger partial charge in [0.2, 0.25) is 0 Å². The van der Waals surface area contributed by atoms with E-state index in [2.05, 4.69) is 82.0 Å². The first kappa shape index (κ1) is 18.5. The molecule has 0 aliphatic rings. The van der Waals surface area contributed by atoms with Crippen molar-refractivity contribution in [3.63, 3.8) is 0 Å². The van der Waals surface area contributed by atoms with Gasteiger partial charge in [0.1, 0.15) is 0 Å². The van der Waals surface area contributed by atoms with Gasteiger partial charge in [-0.3, -0.25) is 4.99 Å². The Kier molecular flexibility index (Phi) is 7.79. The maximum Gasteiger partial charge on any atom is 0.193 e. The summed E-state index contributed by atoms with van der Waals surface area (Å²) in [6.45, 7) is 3.81. The first-order valence-corrected chi connectivity index (χ1v) is 9.23. The van der Waals surface area contributed by atoms with Crippen molar-refractivity contribution in [2.24, 2.45) is 4.99 Å². The quantitative estimate of drug-likeness (QED) is 0.590. The molecule has 5 heteroatoms. The lowest BCUT2D eigenvalue weighted by atomic mass is 10.2. The molecule has 0 atom stereocenters. The summed E-state index contributed by atoms with van der Waals surface area (Å²) in [5.74, 6) is 0.958. The molecule has 1 aromatic carbocycles. The molecule has 0 unspecified atom stereocenters. The second-order valence-corrected chi connectivity index (χ2v) is 6.98. The van der Waals surface area contributed by atoms with Crippen LogP contribution in [0, 0.1) is 0 Å². The molecule has 1 heterocycles. The van der Waals surface area contributed by atoms with Crippen molar-refractivity contribution >= 4 is 17.3 Å². The lowest BCUT2D eigenvalue weighted by Gasteiger charge is -2.23. The molecule has 0 saturated carbocycles. The molecule has 0 spiro atoms. The number of rotatable bonds is 8. The van der Waals surface area contributed by atoms with Crippen LogP contribution in [0.2, 0.25) is 0 Å². The largest absolute Gasteiger partial charge is 0.355 e. The Balaban J connectivity index is 1.68. The minimum atomic E-state index is 0.888. The van der Waals surface area contributed by atoms with E-state index >= 15 is 0 Å². The minimum Gasteiger partial charge on any atom is -0.355 e. The van der Waals surface area contributed by atoms with Gasteiger partial charge in [-0.15, -0.1) is 11.3 Å². The number of thiophene rings is 1. The average Bonchev–Trinajstić information content (AvgIpc) is 3.11. The molecular formula is C19H28N4S. The van der Waals surface area contributed by atoms with Crippen LogP contribution in [0.5, 0.6) is 0 Å². The summed E-state index contributed by atoms with van der Waals surface area (Å²) in [5.41, 5.74) is 1.34. The average molecular weight is 345 g/mol. The Morgan fingerprint density at radius 3 is 2.54 bits per heavy atom. The standard InChI is InChI=1S/C19H28N4S/c1-20-19(23(3)13-11-18-10-7-15-24-18)21-12-14-22(2)16-17-8-5-4-6-9-17/h4-10,15H,11-14,16H2,1-3H3,(H,20,21). The number of hydrogen-bond acceptors (Lipinski definition) is 3. The van der Waals surface area contributed by atoms with Crippen LogP contribution < -0.4 is 5.32 Å². The molecule has 0 aliphatic carbocycles. The molecule has 2 rings (SSSR count). The van der Waals surface area contributed by atoms with Gasteiger partial charge >= 0.3 is 0 Å². The van der Waals surface area contributed by atoms with Crippen molar-refractivity contribution in [1.29, 1.82) is 0 Å². The zero-order valence-corrected chi connectivity index (χ0v) is 15.7. The fourth-order valence-electron chi connectivity index (χ4n) is 2.56. The fourth-order valence-corrected chi connectivity index (χ4v) is 3.25. The molecule has 0 fully saturated rings. The molecule has 24 heavy (non-hydrogen) atoms. The van der Waals surface area contributed by atoms with Crippen molar-refractivity contribution in [3.05, 3.63) is 58.3 Å². The maximum atomic E-state index is 4.39. The second kappa shape index (κ2) is 10.1. The molecule has 1 N–H and O–H groups in total. The van der Waals surface area contributed by atoms with E-state index in [9.17, 15) is 0 Å². The number of benzene rings is 1. The molecule has 2 aromatic rings. The highest BCUT2D eigenvalue weighted by Crippen LogP contribution is 2.09. The van der Waals surface area contributed by atoms with E-state index in [0.717, 1.165) is 38.6 Å². The van der Waals surface area contributed by atoms with Gasteiger partial charge in [0.25, 0.3) is 0 Å². The molecule has 130 valence electrons. The second-order valence-electron chi connectivity index (χ2n) is 5.95. The number of likely N-dealkylation sites (N-methyl/N-ethyl adjacent to an activating group) is 2. The van der Waals surface area contributed by atoms with E-state index in [1.165, 1.54) is 10.4 Å². The summed E-state index contributed by atoms with van der Waals surface area (Å²) in [6.07, 6.45) is 1.06. The van der Waals surface area contributed by atoms with Gasteiger partial charge in [0.05, 0.1) is 0 Å². The molecule has 0 aliphatic heterocycles. The van der Waals surface area contributed by atoms with E-state index < -0.39 is 0 Å². The van der Waals surface area contributed by atoms with Crippen molar-refractivity contribution in [3.8, 4) is 0 Å². The van der Waals surface area contributed by atoms with Crippen molar-refractivity contribution < 1.29 is 0 Å². The van der Waals surface area contributed by atoms with E-state index in [0.29, 0.717) is 0 Å². The molecule has 0 radical (unpaired) electrons. The van der Waals surface area contributed by atoms with Crippen molar-refractivity contribution in [1.82, 2.24) is 15.1 Å². The van der Waals surface area contributed by atoms with E-state index in [1.54, 1.807) is 0 Å².